The van der Waals surface area contributed by atoms with Gasteiger partial charge in [0.15, 0.2) is 0 Å². The predicted octanol–water partition coefficient (Wildman–Crippen LogP) is 2.29. The summed E-state index contributed by atoms with van der Waals surface area (Å²) in [7, 11) is 3.25. The van der Waals surface area contributed by atoms with Gasteiger partial charge in [-0.1, -0.05) is 36.4 Å². The number of nitrogens with zero attached hydrogens (tertiary/aromatic N) is 1. The van der Waals surface area contributed by atoms with Gasteiger partial charge >= 0.3 is 0 Å². The van der Waals surface area contributed by atoms with Crippen molar-refractivity contribution in [1.29, 1.82) is 0 Å². The van der Waals surface area contributed by atoms with Gasteiger partial charge in [0, 0.05) is 24.6 Å². The maximum atomic E-state index is 11.9. The number of hydrogen-bond donors (Lipinski definition) is 0. The van der Waals surface area contributed by atoms with E-state index >= 15 is 0 Å². The zero-order valence-electron chi connectivity index (χ0n) is 11.2. The number of benzene rings is 2. The van der Waals surface area contributed by atoms with Crippen LogP contribution in [0.25, 0.3) is 11.1 Å². The summed E-state index contributed by atoms with van der Waals surface area (Å²) in [6, 6.07) is 13.9. The molecule has 4 nitrogen and oxygen atoms in total. The maximum Gasteiger partial charge on any atom is 0.253 e. The first kappa shape index (κ1) is 14.4. The van der Waals surface area contributed by atoms with E-state index in [0.717, 1.165) is 5.56 Å². The average molecular weight is 288 g/mol. The summed E-state index contributed by atoms with van der Waals surface area (Å²) < 4.78 is 22.8. The molecule has 2 aromatic rings. The molecule has 0 bridgehead atoms. The van der Waals surface area contributed by atoms with Gasteiger partial charge in [0.25, 0.3) is 5.91 Å². The maximum absolute atomic E-state index is 11.9. The van der Waals surface area contributed by atoms with Crippen LogP contribution in [0.3, 0.4) is 0 Å². The molecule has 0 aliphatic heterocycles. The zero-order chi connectivity index (χ0) is 14.7. The Kier molecular flexibility index (Phi) is 4.32. The molecule has 2 rings (SSSR count). The van der Waals surface area contributed by atoms with Crippen molar-refractivity contribution in [2.24, 2.45) is 0 Å². The Balaban J connectivity index is 2.55. The summed E-state index contributed by atoms with van der Waals surface area (Å²) in [5.41, 5.74) is 1.75. The molecule has 5 heteroatoms. The van der Waals surface area contributed by atoms with Crippen LogP contribution in [0.1, 0.15) is 10.4 Å². The van der Waals surface area contributed by atoms with E-state index in [4.69, 9.17) is 0 Å². The van der Waals surface area contributed by atoms with Crippen LogP contribution in [-0.4, -0.2) is 33.7 Å². The zero-order valence-corrected chi connectivity index (χ0v) is 12.0. The van der Waals surface area contributed by atoms with Crippen molar-refractivity contribution < 1.29 is 13.6 Å². The fourth-order valence-electron chi connectivity index (χ4n) is 1.91. The summed E-state index contributed by atoms with van der Waals surface area (Å²) in [4.78, 5) is 13.4. The van der Waals surface area contributed by atoms with Gasteiger partial charge in [-0.05, 0) is 34.3 Å². The third-order valence-electron chi connectivity index (χ3n) is 2.90. The molecular formula is C15H14NO3S-. The number of carbonyl (C=O) groups is 1. The van der Waals surface area contributed by atoms with Gasteiger partial charge in [-0.25, -0.2) is 0 Å². The first-order chi connectivity index (χ1) is 9.50. The lowest BCUT2D eigenvalue weighted by atomic mass is 10.0. The molecule has 0 radical (unpaired) electrons. The number of rotatable bonds is 3. The van der Waals surface area contributed by atoms with E-state index in [0.29, 0.717) is 11.1 Å². The van der Waals surface area contributed by atoms with E-state index in [1.807, 2.05) is 30.3 Å². The van der Waals surface area contributed by atoms with Crippen molar-refractivity contribution in [2.45, 2.75) is 4.90 Å². The third-order valence-corrected chi connectivity index (χ3v) is 3.60. The van der Waals surface area contributed by atoms with Crippen molar-refractivity contribution in [1.82, 2.24) is 4.90 Å². The smallest absolute Gasteiger partial charge is 0.253 e. The summed E-state index contributed by atoms with van der Waals surface area (Å²) in [5.74, 6) is -0.226. The van der Waals surface area contributed by atoms with Crippen LogP contribution in [0.2, 0.25) is 0 Å². The Hall–Kier alpha value is -1.98. The molecular weight excluding hydrogens is 274 g/mol. The van der Waals surface area contributed by atoms with Crippen LogP contribution in [0.4, 0.5) is 0 Å². The van der Waals surface area contributed by atoms with Crippen molar-refractivity contribution in [2.75, 3.05) is 14.1 Å². The lowest BCUT2D eigenvalue weighted by molar-refractivity contribution is 0.0827. The van der Waals surface area contributed by atoms with Crippen LogP contribution in [-0.2, 0) is 11.1 Å². The van der Waals surface area contributed by atoms with Gasteiger partial charge in [0.05, 0.1) is 0 Å². The van der Waals surface area contributed by atoms with E-state index < -0.39 is 11.1 Å². The minimum absolute atomic E-state index is 0.129. The van der Waals surface area contributed by atoms with Gasteiger partial charge < -0.3 is 9.45 Å². The van der Waals surface area contributed by atoms with Crippen LogP contribution >= 0.6 is 0 Å². The van der Waals surface area contributed by atoms with Gasteiger partial charge in [0.2, 0.25) is 0 Å². The van der Waals surface area contributed by atoms with Crippen LogP contribution in [0.15, 0.2) is 53.4 Å². The second-order valence-electron chi connectivity index (χ2n) is 4.51. The molecule has 20 heavy (non-hydrogen) atoms. The molecule has 0 aromatic heterocycles. The second kappa shape index (κ2) is 5.98. The minimum atomic E-state index is -2.40. The largest absolute Gasteiger partial charge is 0.768 e. The molecule has 0 saturated carbocycles. The molecule has 0 aliphatic carbocycles. The Morgan fingerprint density at radius 3 is 2.30 bits per heavy atom. The molecule has 0 spiro atoms. The standard InChI is InChI=1S/C15H15NO3S/c1-16(2)15(17)12-8-9-13(14(10-12)20(18)19)11-6-4-3-5-7-11/h3-10H,1-2H3,(H,18,19)/p-1. The highest BCUT2D eigenvalue weighted by Crippen LogP contribution is 2.27. The van der Waals surface area contributed by atoms with E-state index in [1.54, 1.807) is 26.2 Å². The molecule has 104 valence electrons. The average Bonchev–Trinajstić information content (AvgIpc) is 2.46. The number of amides is 1. The molecule has 1 unspecified atom stereocenters. The first-order valence-corrected chi connectivity index (χ1v) is 7.08. The summed E-state index contributed by atoms with van der Waals surface area (Å²) in [6.45, 7) is 0. The lowest BCUT2D eigenvalue weighted by Crippen LogP contribution is -2.21. The van der Waals surface area contributed by atoms with Crippen LogP contribution in [0.5, 0.6) is 0 Å². The molecule has 0 aliphatic rings. The normalized spacial score (nSPS) is 11.9. The van der Waals surface area contributed by atoms with E-state index in [-0.39, 0.29) is 10.8 Å². The fourth-order valence-corrected chi connectivity index (χ4v) is 2.50. The SMILES string of the molecule is CN(C)C(=O)c1ccc(-c2ccccc2)c(S(=O)[O-])c1. The Labute approximate surface area is 120 Å². The molecule has 2 aromatic carbocycles. The van der Waals surface area contributed by atoms with Gasteiger partial charge in [-0.2, -0.15) is 0 Å². The predicted molar refractivity (Wildman–Crippen MR) is 77.1 cm³/mol. The minimum Gasteiger partial charge on any atom is -0.768 e. The van der Waals surface area contributed by atoms with E-state index in [9.17, 15) is 13.6 Å². The monoisotopic (exact) mass is 288 g/mol. The molecule has 0 heterocycles. The molecule has 0 fully saturated rings. The Morgan fingerprint density at radius 1 is 1.10 bits per heavy atom. The second-order valence-corrected chi connectivity index (χ2v) is 5.42. The topological polar surface area (TPSA) is 60.4 Å². The Bertz CT molecular complexity index is 653. The number of hydrogen-bond acceptors (Lipinski definition) is 3. The molecule has 1 amide bonds. The molecule has 1 atom stereocenters. The quantitative estimate of drug-likeness (QED) is 0.814. The van der Waals surface area contributed by atoms with Gasteiger partial charge in [0.1, 0.15) is 0 Å². The highest BCUT2D eigenvalue weighted by molar-refractivity contribution is 7.79. The van der Waals surface area contributed by atoms with E-state index in [1.165, 1.54) is 11.0 Å². The van der Waals surface area contributed by atoms with Crippen molar-refractivity contribution in [3.63, 3.8) is 0 Å². The summed E-state index contributed by atoms with van der Waals surface area (Å²) >= 11 is -2.40. The van der Waals surface area contributed by atoms with Crippen LogP contribution < -0.4 is 0 Å². The third kappa shape index (κ3) is 2.95. The summed E-state index contributed by atoms with van der Waals surface area (Å²) in [5, 5.41) is 0. The van der Waals surface area contributed by atoms with Gasteiger partial charge in [-0.3, -0.25) is 9.00 Å². The van der Waals surface area contributed by atoms with Crippen LogP contribution in [0, 0.1) is 0 Å². The summed E-state index contributed by atoms with van der Waals surface area (Å²) in [6.07, 6.45) is 0. The molecule has 0 saturated heterocycles. The fraction of sp³-hybridized carbons (Fsp3) is 0.133. The van der Waals surface area contributed by atoms with Crippen molar-refractivity contribution in [3.8, 4) is 11.1 Å². The van der Waals surface area contributed by atoms with Crippen molar-refractivity contribution in [3.05, 3.63) is 54.1 Å². The highest BCUT2D eigenvalue weighted by atomic mass is 32.2. The molecule has 0 N–H and O–H groups in total. The highest BCUT2D eigenvalue weighted by Gasteiger charge is 2.12. The Morgan fingerprint density at radius 2 is 1.75 bits per heavy atom. The van der Waals surface area contributed by atoms with Crippen molar-refractivity contribution >= 4 is 17.0 Å². The number of carbonyl (C=O) groups excluding carboxylic acids is 1. The first-order valence-electron chi connectivity index (χ1n) is 6.01. The van der Waals surface area contributed by atoms with Gasteiger partial charge in [-0.15, -0.1) is 0 Å². The lowest BCUT2D eigenvalue weighted by Gasteiger charge is -2.16. The van der Waals surface area contributed by atoms with E-state index in [2.05, 4.69) is 0 Å².